The van der Waals surface area contributed by atoms with Crippen LogP contribution < -0.4 is 10.6 Å². The average Bonchev–Trinajstić information content (AvgIpc) is 2.45. The molecule has 0 atom stereocenters. The third kappa shape index (κ3) is 3.93. The Bertz CT molecular complexity index is 467. The second-order valence-electron chi connectivity index (χ2n) is 5.59. The maximum atomic E-state index is 12.2. The third-order valence-electron chi connectivity index (χ3n) is 3.86. The van der Waals surface area contributed by atoms with Crippen molar-refractivity contribution in [3.63, 3.8) is 0 Å². The van der Waals surface area contributed by atoms with E-state index < -0.39 is 0 Å². The monoisotopic (exact) mass is 276 g/mol. The van der Waals surface area contributed by atoms with E-state index in [1.165, 1.54) is 0 Å². The summed E-state index contributed by atoms with van der Waals surface area (Å²) in [4.78, 5) is 18.8. The summed E-state index contributed by atoms with van der Waals surface area (Å²) in [5.41, 5.74) is 1.52. The molecule has 20 heavy (non-hydrogen) atoms. The van der Waals surface area contributed by atoms with Gasteiger partial charge in [-0.2, -0.15) is 0 Å². The lowest BCUT2D eigenvalue weighted by atomic mass is 9.97. The number of aromatic nitrogens is 1. The quantitative estimate of drug-likeness (QED) is 0.875. The number of nitrogens with zero attached hydrogens (tertiary/aromatic N) is 2. The summed E-state index contributed by atoms with van der Waals surface area (Å²) >= 11 is 0. The van der Waals surface area contributed by atoms with E-state index in [1.807, 2.05) is 20.0 Å². The maximum absolute atomic E-state index is 12.2. The van der Waals surface area contributed by atoms with E-state index in [9.17, 15) is 4.79 Å². The highest BCUT2D eigenvalue weighted by Crippen LogP contribution is 2.15. The lowest BCUT2D eigenvalue weighted by Gasteiger charge is -2.28. The SMILES string of the molecule is CNc1cc(C(=O)NCC2CCN(C)CC2)cc(C)n1. The van der Waals surface area contributed by atoms with Gasteiger partial charge in [0, 0.05) is 24.8 Å². The van der Waals surface area contributed by atoms with Crippen molar-refractivity contribution < 1.29 is 4.79 Å². The summed E-state index contributed by atoms with van der Waals surface area (Å²) in [7, 11) is 3.95. The highest BCUT2D eigenvalue weighted by atomic mass is 16.1. The number of anilines is 1. The fourth-order valence-corrected chi connectivity index (χ4v) is 2.53. The number of piperidine rings is 1. The van der Waals surface area contributed by atoms with Gasteiger partial charge in [0.15, 0.2) is 0 Å². The Morgan fingerprint density at radius 2 is 2.10 bits per heavy atom. The molecule has 0 spiro atoms. The zero-order valence-corrected chi connectivity index (χ0v) is 12.6. The molecule has 5 heteroatoms. The first-order valence-electron chi connectivity index (χ1n) is 7.21. The number of carbonyl (C=O) groups is 1. The first kappa shape index (κ1) is 14.8. The summed E-state index contributed by atoms with van der Waals surface area (Å²) in [6, 6.07) is 3.61. The van der Waals surface area contributed by atoms with Crippen LogP contribution in [0.25, 0.3) is 0 Å². The first-order chi connectivity index (χ1) is 9.58. The van der Waals surface area contributed by atoms with E-state index in [1.54, 1.807) is 6.07 Å². The number of pyridine rings is 1. The molecule has 1 saturated heterocycles. The van der Waals surface area contributed by atoms with Crippen molar-refractivity contribution in [2.45, 2.75) is 19.8 Å². The fourth-order valence-electron chi connectivity index (χ4n) is 2.53. The molecule has 2 rings (SSSR count). The van der Waals surface area contributed by atoms with Crippen LogP contribution in [0.3, 0.4) is 0 Å². The van der Waals surface area contributed by atoms with Crippen molar-refractivity contribution in [2.24, 2.45) is 5.92 Å². The second kappa shape index (κ2) is 6.70. The molecule has 110 valence electrons. The smallest absolute Gasteiger partial charge is 0.251 e. The number of hydrogen-bond acceptors (Lipinski definition) is 4. The zero-order valence-electron chi connectivity index (χ0n) is 12.6. The lowest BCUT2D eigenvalue weighted by molar-refractivity contribution is 0.0939. The zero-order chi connectivity index (χ0) is 14.5. The van der Waals surface area contributed by atoms with Gasteiger partial charge in [-0.15, -0.1) is 0 Å². The van der Waals surface area contributed by atoms with Gasteiger partial charge in [-0.25, -0.2) is 4.98 Å². The molecule has 1 aliphatic heterocycles. The second-order valence-corrected chi connectivity index (χ2v) is 5.59. The van der Waals surface area contributed by atoms with Crippen molar-refractivity contribution in [1.82, 2.24) is 15.2 Å². The summed E-state index contributed by atoms with van der Waals surface area (Å²) in [5, 5.41) is 6.03. The van der Waals surface area contributed by atoms with Gasteiger partial charge in [-0.05, 0) is 58.0 Å². The number of hydrogen-bond donors (Lipinski definition) is 2. The summed E-state index contributed by atoms with van der Waals surface area (Å²) in [6.07, 6.45) is 2.32. The van der Waals surface area contributed by atoms with Crippen molar-refractivity contribution in [3.05, 3.63) is 23.4 Å². The standard InChI is InChI=1S/C15H24N4O/c1-11-8-13(9-14(16-2)18-11)15(20)17-10-12-4-6-19(3)7-5-12/h8-9,12H,4-7,10H2,1-3H3,(H,16,18)(H,17,20). The van der Waals surface area contributed by atoms with Crippen LogP contribution in [0.1, 0.15) is 28.9 Å². The van der Waals surface area contributed by atoms with E-state index in [2.05, 4.69) is 27.6 Å². The van der Waals surface area contributed by atoms with Crippen LogP contribution in [0.2, 0.25) is 0 Å². The number of rotatable bonds is 4. The Balaban J connectivity index is 1.90. The first-order valence-corrected chi connectivity index (χ1v) is 7.21. The van der Waals surface area contributed by atoms with Gasteiger partial charge in [-0.1, -0.05) is 0 Å². The van der Waals surface area contributed by atoms with Crippen LogP contribution in [-0.4, -0.2) is 49.5 Å². The Hall–Kier alpha value is -1.62. The predicted molar refractivity (Wildman–Crippen MR) is 81.1 cm³/mol. The number of amides is 1. The Morgan fingerprint density at radius 1 is 1.40 bits per heavy atom. The van der Waals surface area contributed by atoms with Gasteiger partial charge in [0.2, 0.25) is 0 Å². The topological polar surface area (TPSA) is 57.3 Å². The van der Waals surface area contributed by atoms with Gasteiger partial charge < -0.3 is 15.5 Å². The van der Waals surface area contributed by atoms with E-state index in [0.717, 1.165) is 44.0 Å². The summed E-state index contributed by atoms with van der Waals surface area (Å²) in [5.74, 6) is 1.32. The van der Waals surface area contributed by atoms with Crippen LogP contribution in [0.15, 0.2) is 12.1 Å². The van der Waals surface area contributed by atoms with Gasteiger partial charge in [-0.3, -0.25) is 4.79 Å². The minimum atomic E-state index is -0.00840. The van der Waals surface area contributed by atoms with Crippen molar-refractivity contribution in [1.29, 1.82) is 0 Å². The molecule has 2 heterocycles. The van der Waals surface area contributed by atoms with E-state index in [-0.39, 0.29) is 5.91 Å². The summed E-state index contributed by atoms with van der Waals surface area (Å²) < 4.78 is 0. The summed E-state index contributed by atoms with van der Waals surface area (Å²) in [6.45, 7) is 4.91. The van der Waals surface area contributed by atoms with Crippen LogP contribution in [0, 0.1) is 12.8 Å². The molecule has 1 fully saturated rings. The maximum Gasteiger partial charge on any atom is 0.251 e. The molecule has 0 saturated carbocycles. The van der Waals surface area contributed by atoms with Crippen LogP contribution in [0.5, 0.6) is 0 Å². The minimum Gasteiger partial charge on any atom is -0.373 e. The molecule has 5 nitrogen and oxygen atoms in total. The third-order valence-corrected chi connectivity index (χ3v) is 3.86. The predicted octanol–water partition coefficient (Wildman–Crippen LogP) is 1.50. The van der Waals surface area contributed by atoms with Gasteiger partial charge >= 0.3 is 0 Å². The Morgan fingerprint density at radius 3 is 2.75 bits per heavy atom. The largest absolute Gasteiger partial charge is 0.373 e. The highest BCUT2D eigenvalue weighted by Gasteiger charge is 2.17. The molecule has 1 aromatic rings. The molecule has 1 aromatic heterocycles. The van der Waals surface area contributed by atoms with Gasteiger partial charge in [0.05, 0.1) is 0 Å². The van der Waals surface area contributed by atoms with Crippen LogP contribution in [0.4, 0.5) is 5.82 Å². The van der Waals surface area contributed by atoms with E-state index >= 15 is 0 Å². The number of likely N-dealkylation sites (tertiary alicyclic amines) is 1. The number of carbonyl (C=O) groups excluding carboxylic acids is 1. The molecule has 0 bridgehead atoms. The van der Waals surface area contributed by atoms with Gasteiger partial charge in [0.1, 0.15) is 5.82 Å². The Kier molecular flexibility index (Phi) is 4.95. The normalized spacial score (nSPS) is 16.9. The Labute approximate surface area is 120 Å². The minimum absolute atomic E-state index is 0.00840. The molecule has 2 N–H and O–H groups in total. The molecule has 1 amide bonds. The highest BCUT2D eigenvalue weighted by molar-refractivity contribution is 5.95. The molecule has 0 aromatic carbocycles. The number of nitrogens with one attached hydrogen (secondary N) is 2. The van der Waals surface area contributed by atoms with Gasteiger partial charge in [0.25, 0.3) is 5.91 Å². The van der Waals surface area contributed by atoms with Crippen LogP contribution in [-0.2, 0) is 0 Å². The molecule has 0 unspecified atom stereocenters. The molecular formula is C15H24N4O. The lowest BCUT2D eigenvalue weighted by Crippen LogP contribution is -2.36. The van der Waals surface area contributed by atoms with Crippen molar-refractivity contribution in [2.75, 3.05) is 39.0 Å². The van der Waals surface area contributed by atoms with Crippen molar-refractivity contribution >= 4 is 11.7 Å². The van der Waals surface area contributed by atoms with Crippen LogP contribution >= 0.6 is 0 Å². The molecular weight excluding hydrogens is 252 g/mol. The van der Waals surface area contributed by atoms with E-state index in [4.69, 9.17) is 0 Å². The molecule has 0 aliphatic carbocycles. The average molecular weight is 276 g/mol. The van der Waals surface area contributed by atoms with Crippen molar-refractivity contribution in [3.8, 4) is 0 Å². The molecule has 0 radical (unpaired) electrons. The number of aryl methyl sites for hydroxylation is 1. The molecule has 1 aliphatic rings. The fraction of sp³-hybridized carbons (Fsp3) is 0.600. The van der Waals surface area contributed by atoms with E-state index in [0.29, 0.717) is 11.5 Å².